The van der Waals surface area contributed by atoms with Crippen LogP contribution in [0, 0.1) is 0 Å². The van der Waals surface area contributed by atoms with Gasteiger partial charge in [0.15, 0.2) is 0 Å². The number of morpholine rings is 1. The molecule has 8 heteroatoms. The average Bonchev–Trinajstić information content (AvgIpc) is 3.26. The van der Waals surface area contributed by atoms with Gasteiger partial charge in [-0.05, 0) is 22.6 Å². The largest absolute Gasteiger partial charge is 0.370 e. The summed E-state index contributed by atoms with van der Waals surface area (Å²) in [5.74, 6) is -0.742. The maximum Gasteiger partial charge on any atom is 0.249 e. The molecule has 0 saturated carbocycles. The fraction of sp³-hybridized carbons (Fsp3) is 0.444. The number of alkyl halides is 1. The molecule has 0 bridgehead atoms. The summed E-state index contributed by atoms with van der Waals surface area (Å²) < 4.78 is 19.5. The van der Waals surface area contributed by atoms with Gasteiger partial charge in [-0.25, -0.2) is 4.39 Å². The number of nitrogens with zero attached hydrogens (tertiary/aromatic N) is 2. The van der Waals surface area contributed by atoms with Crippen molar-refractivity contribution < 1.29 is 23.5 Å². The van der Waals surface area contributed by atoms with Gasteiger partial charge >= 0.3 is 0 Å². The number of nitrogens with one attached hydrogen (secondary N) is 1. The van der Waals surface area contributed by atoms with Gasteiger partial charge in [-0.2, -0.15) is 0 Å². The first-order valence-corrected chi connectivity index (χ1v) is 12.1. The molecule has 7 nitrogen and oxygen atoms in total. The highest BCUT2D eigenvalue weighted by Crippen LogP contribution is 2.27. The van der Waals surface area contributed by atoms with Crippen molar-refractivity contribution in [1.29, 1.82) is 0 Å². The van der Waals surface area contributed by atoms with E-state index in [9.17, 15) is 18.8 Å². The topological polar surface area (TPSA) is 79.0 Å². The van der Waals surface area contributed by atoms with E-state index in [0.29, 0.717) is 19.1 Å². The molecule has 35 heavy (non-hydrogen) atoms. The van der Waals surface area contributed by atoms with Crippen molar-refractivity contribution in [2.45, 2.75) is 44.4 Å². The number of carbonyl (C=O) groups is 3. The number of amides is 3. The Bertz CT molecular complexity index is 1040. The quantitative estimate of drug-likeness (QED) is 0.660. The Hall–Kier alpha value is -3.26. The predicted molar refractivity (Wildman–Crippen MR) is 129 cm³/mol. The zero-order valence-electron chi connectivity index (χ0n) is 20.2. The van der Waals surface area contributed by atoms with Gasteiger partial charge in [-0.3, -0.25) is 14.4 Å². The number of halogens is 1. The van der Waals surface area contributed by atoms with Crippen molar-refractivity contribution in [3.63, 3.8) is 0 Å². The summed E-state index contributed by atoms with van der Waals surface area (Å²) in [5.41, 5.74) is 2.99. The van der Waals surface area contributed by atoms with Gasteiger partial charge < -0.3 is 19.9 Å². The van der Waals surface area contributed by atoms with Crippen molar-refractivity contribution in [3.05, 3.63) is 71.3 Å². The Kier molecular flexibility index (Phi) is 7.80. The Balaban J connectivity index is 1.52. The lowest BCUT2D eigenvalue weighted by Crippen LogP contribution is -2.52. The van der Waals surface area contributed by atoms with Crippen LogP contribution in [0.15, 0.2) is 54.6 Å². The maximum absolute atomic E-state index is 14.4. The maximum atomic E-state index is 14.4. The van der Waals surface area contributed by atoms with Crippen molar-refractivity contribution in [2.75, 3.05) is 32.8 Å². The molecule has 2 aliphatic rings. The van der Waals surface area contributed by atoms with E-state index in [1.54, 1.807) is 0 Å². The number of carbonyl (C=O) groups excluding carboxylic acids is 3. The van der Waals surface area contributed by atoms with Gasteiger partial charge in [0.25, 0.3) is 0 Å². The summed E-state index contributed by atoms with van der Waals surface area (Å²) in [5, 5.41) is 3.06. The number of hydrogen-bond donors (Lipinski definition) is 1. The monoisotopic (exact) mass is 481 g/mol. The van der Waals surface area contributed by atoms with E-state index in [4.69, 9.17) is 4.74 Å². The minimum atomic E-state index is -1.30. The molecule has 0 unspecified atom stereocenters. The second-order valence-electron chi connectivity index (χ2n) is 9.44. The molecule has 0 spiro atoms. The van der Waals surface area contributed by atoms with Crippen LogP contribution >= 0.6 is 0 Å². The number of ether oxygens (including phenoxy) is 1. The van der Waals surface area contributed by atoms with Crippen LogP contribution in [0.3, 0.4) is 0 Å². The molecule has 2 heterocycles. The van der Waals surface area contributed by atoms with Crippen LogP contribution < -0.4 is 5.32 Å². The zero-order valence-corrected chi connectivity index (χ0v) is 20.2. The van der Waals surface area contributed by atoms with Crippen LogP contribution in [0.2, 0.25) is 0 Å². The fourth-order valence-corrected chi connectivity index (χ4v) is 4.60. The minimum absolute atomic E-state index is 0.0670. The normalized spacial score (nSPS) is 21.3. The summed E-state index contributed by atoms with van der Waals surface area (Å²) in [6.45, 7) is 4.48. The predicted octanol–water partition coefficient (Wildman–Crippen LogP) is 2.81. The summed E-state index contributed by atoms with van der Waals surface area (Å²) in [4.78, 5) is 41.1. The first-order valence-electron chi connectivity index (χ1n) is 12.1. The lowest BCUT2D eigenvalue weighted by atomic mass is 9.95. The second-order valence-corrected chi connectivity index (χ2v) is 9.44. The number of hydrogen-bond acceptors (Lipinski definition) is 4. The summed E-state index contributed by atoms with van der Waals surface area (Å²) in [7, 11) is 0. The Morgan fingerprint density at radius 3 is 2.37 bits per heavy atom. The Labute approximate surface area is 205 Å². The molecule has 2 aromatic rings. The molecule has 4 rings (SSSR count). The zero-order chi connectivity index (χ0) is 24.9. The molecular formula is C27H32FN3O4. The van der Waals surface area contributed by atoms with E-state index in [-0.39, 0.29) is 32.0 Å². The fourth-order valence-electron chi connectivity index (χ4n) is 4.60. The molecular weight excluding hydrogens is 449 g/mol. The van der Waals surface area contributed by atoms with Crippen LogP contribution in [0.4, 0.5) is 4.39 Å². The van der Waals surface area contributed by atoms with Crippen LogP contribution in [-0.4, -0.2) is 72.6 Å². The molecule has 0 aromatic heterocycles. The molecule has 2 fully saturated rings. The molecule has 2 aromatic carbocycles. The third kappa shape index (κ3) is 5.88. The highest BCUT2D eigenvalue weighted by Gasteiger charge is 2.41. The van der Waals surface area contributed by atoms with Crippen molar-refractivity contribution in [2.24, 2.45) is 0 Å². The summed E-state index contributed by atoms with van der Waals surface area (Å²) >= 11 is 0. The molecule has 0 aliphatic carbocycles. The van der Waals surface area contributed by atoms with Crippen molar-refractivity contribution >= 4 is 17.7 Å². The SMILES string of the molecule is CC(C)c1ccc([C@@H](NC(=O)[C@@H]2C[C@@H](F)CN2C(=O)CN2CCOCC2=O)c2ccccc2)cc1. The molecule has 2 saturated heterocycles. The molecule has 186 valence electrons. The van der Waals surface area contributed by atoms with E-state index in [2.05, 4.69) is 19.2 Å². The Morgan fingerprint density at radius 2 is 1.71 bits per heavy atom. The van der Waals surface area contributed by atoms with Gasteiger partial charge in [0.05, 0.1) is 25.7 Å². The van der Waals surface area contributed by atoms with Crippen LogP contribution in [0.1, 0.15) is 48.9 Å². The van der Waals surface area contributed by atoms with Crippen LogP contribution in [0.25, 0.3) is 0 Å². The van der Waals surface area contributed by atoms with E-state index in [1.807, 2.05) is 54.6 Å². The van der Waals surface area contributed by atoms with Gasteiger partial charge in [-0.15, -0.1) is 0 Å². The number of rotatable bonds is 7. The lowest BCUT2D eigenvalue weighted by molar-refractivity contribution is -0.149. The summed E-state index contributed by atoms with van der Waals surface area (Å²) in [6, 6.07) is 16.3. The highest BCUT2D eigenvalue weighted by molar-refractivity contribution is 5.91. The lowest BCUT2D eigenvalue weighted by Gasteiger charge is -2.31. The van der Waals surface area contributed by atoms with E-state index in [1.165, 1.54) is 15.4 Å². The minimum Gasteiger partial charge on any atom is -0.370 e. The van der Waals surface area contributed by atoms with Gasteiger partial charge in [-0.1, -0.05) is 68.4 Å². The third-order valence-corrected chi connectivity index (χ3v) is 6.64. The van der Waals surface area contributed by atoms with Gasteiger partial charge in [0.2, 0.25) is 17.7 Å². The van der Waals surface area contributed by atoms with E-state index < -0.39 is 30.1 Å². The molecule has 1 N–H and O–H groups in total. The van der Waals surface area contributed by atoms with E-state index >= 15 is 0 Å². The number of likely N-dealkylation sites (tertiary alicyclic amines) is 1. The smallest absolute Gasteiger partial charge is 0.249 e. The highest BCUT2D eigenvalue weighted by atomic mass is 19.1. The second kappa shape index (κ2) is 11.0. The first-order chi connectivity index (χ1) is 16.8. The van der Waals surface area contributed by atoms with Gasteiger partial charge in [0, 0.05) is 13.0 Å². The third-order valence-electron chi connectivity index (χ3n) is 6.64. The van der Waals surface area contributed by atoms with Crippen molar-refractivity contribution in [1.82, 2.24) is 15.1 Å². The van der Waals surface area contributed by atoms with Crippen LogP contribution in [0.5, 0.6) is 0 Å². The van der Waals surface area contributed by atoms with Crippen molar-refractivity contribution in [3.8, 4) is 0 Å². The average molecular weight is 482 g/mol. The first kappa shape index (κ1) is 24.9. The van der Waals surface area contributed by atoms with E-state index in [0.717, 1.165) is 11.1 Å². The number of benzene rings is 2. The molecule has 0 radical (unpaired) electrons. The molecule has 2 aliphatic heterocycles. The van der Waals surface area contributed by atoms with Gasteiger partial charge in [0.1, 0.15) is 18.8 Å². The van der Waals surface area contributed by atoms with Crippen LogP contribution in [-0.2, 0) is 19.1 Å². The molecule has 3 amide bonds. The standard InChI is InChI=1S/C27H32FN3O4/c1-18(2)19-8-10-21(11-9-19)26(20-6-4-3-5-7-20)29-27(34)23-14-22(28)15-31(23)24(32)16-30-12-13-35-17-25(30)33/h3-11,18,22-23,26H,12-17H2,1-2H3,(H,29,34)/t22-,23+,26+/m1/s1. The summed E-state index contributed by atoms with van der Waals surface area (Å²) in [6.07, 6.45) is -1.36. The Morgan fingerprint density at radius 1 is 1.06 bits per heavy atom. The molecule has 3 atom stereocenters.